The Labute approximate surface area is 139 Å². The van der Waals surface area contributed by atoms with E-state index < -0.39 is 0 Å². The molecule has 2 aliphatic heterocycles. The third-order valence-corrected chi connectivity index (χ3v) is 5.49. The smallest absolute Gasteiger partial charge is 0.318 e. The number of nitrogens with zero attached hydrogens (tertiary/aromatic N) is 2. The number of carbonyl (C=O) groups is 1. The van der Waals surface area contributed by atoms with Gasteiger partial charge in [0.25, 0.3) is 0 Å². The van der Waals surface area contributed by atoms with Crippen molar-refractivity contribution in [2.24, 2.45) is 11.3 Å². The quantitative estimate of drug-likeness (QED) is 0.577. The molecule has 2 fully saturated rings. The van der Waals surface area contributed by atoms with Crippen LogP contribution < -0.4 is 10.6 Å². The number of urea groups is 1. The summed E-state index contributed by atoms with van der Waals surface area (Å²) in [6.07, 6.45) is 6.66. The maximum absolute atomic E-state index is 12.4. The van der Waals surface area contributed by atoms with Crippen LogP contribution in [0, 0.1) is 11.3 Å². The Kier molecular flexibility index (Phi) is 4.57. The highest BCUT2D eigenvalue weighted by atomic mass is 16.2. The third-order valence-electron chi connectivity index (χ3n) is 5.49. The van der Waals surface area contributed by atoms with Gasteiger partial charge in [-0.2, -0.15) is 0 Å². The molecule has 2 heterocycles. The molecule has 0 spiro atoms. The standard InChI is InChI=1S/C18H28N4O/c1-4-19-7-6-18(2)9-16(18)10-20-17(23)22-12-14-5-8-21(3)11-15(14)13-22/h5,11,16,19H,3-4,6-10,12-13H2,1-2H3/p+1. The van der Waals surface area contributed by atoms with Gasteiger partial charge >= 0.3 is 6.03 Å². The third kappa shape index (κ3) is 3.66. The monoisotopic (exact) mass is 317 g/mol. The molecule has 1 aliphatic carbocycles. The van der Waals surface area contributed by atoms with Crippen LogP contribution in [0.1, 0.15) is 26.7 Å². The van der Waals surface area contributed by atoms with Crippen LogP contribution in [-0.4, -0.2) is 61.5 Å². The van der Waals surface area contributed by atoms with Crippen LogP contribution in [0.15, 0.2) is 23.4 Å². The van der Waals surface area contributed by atoms with Crippen LogP contribution in [0.3, 0.4) is 0 Å². The molecule has 5 heteroatoms. The first kappa shape index (κ1) is 16.2. The molecule has 3 aliphatic rings. The lowest BCUT2D eigenvalue weighted by Gasteiger charge is -2.17. The molecular formula is C18H29N4O+. The van der Waals surface area contributed by atoms with Crippen molar-refractivity contribution >= 4 is 12.7 Å². The van der Waals surface area contributed by atoms with E-state index in [9.17, 15) is 4.79 Å². The van der Waals surface area contributed by atoms with E-state index in [2.05, 4.69) is 43.5 Å². The number of likely N-dealkylation sites (tertiary alicyclic amines) is 1. The summed E-state index contributed by atoms with van der Waals surface area (Å²) in [6.45, 7) is 13.6. The van der Waals surface area contributed by atoms with E-state index in [-0.39, 0.29) is 6.03 Å². The van der Waals surface area contributed by atoms with Crippen molar-refractivity contribution in [1.29, 1.82) is 0 Å². The van der Waals surface area contributed by atoms with Crippen molar-refractivity contribution in [3.63, 3.8) is 0 Å². The van der Waals surface area contributed by atoms with Gasteiger partial charge in [0.1, 0.15) is 6.72 Å². The van der Waals surface area contributed by atoms with Gasteiger partial charge < -0.3 is 15.5 Å². The van der Waals surface area contributed by atoms with Crippen molar-refractivity contribution < 1.29 is 9.37 Å². The first-order valence-corrected chi connectivity index (χ1v) is 8.72. The zero-order chi connectivity index (χ0) is 16.4. The molecule has 0 radical (unpaired) electrons. The Balaban J connectivity index is 1.43. The SMILES string of the molecule is C=[N+]1C=C2CN(C(=O)NCC3CC3(C)CCNCC)CC2=CC1. The summed E-state index contributed by atoms with van der Waals surface area (Å²) in [7, 11) is 0. The van der Waals surface area contributed by atoms with Crippen molar-refractivity contribution in [2.45, 2.75) is 26.7 Å². The minimum atomic E-state index is 0.0674. The van der Waals surface area contributed by atoms with Gasteiger partial charge in [-0.1, -0.05) is 13.8 Å². The summed E-state index contributed by atoms with van der Waals surface area (Å²) < 4.78 is 1.92. The fourth-order valence-corrected chi connectivity index (χ4v) is 3.64. The molecule has 0 aromatic carbocycles. The van der Waals surface area contributed by atoms with Crippen LogP contribution in [0.25, 0.3) is 0 Å². The fourth-order valence-electron chi connectivity index (χ4n) is 3.64. The van der Waals surface area contributed by atoms with Gasteiger partial charge in [-0.25, -0.2) is 9.37 Å². The Morgan fingerprint density at radius 2 is 2.26 bits per heavy atom. The highest BCUT2D eigenvalue weighted by Gasteiger charge is 2.49. The average molecular weight is 317 g/mol. The highest BCUT2D eigenvalue weighted by molar-refractivity contribution is 5.76. The zero-order valence-electron chi connectivity index (χ0n) is 14.4. The van der Waals surface area contributed by atoms with Gasteiger partial charge in [-0.15, -0.1) is 0 Å². The van der Waals surface area contributed by atoms with Crippen LogP contribution >= 0.6 is 0 Å². The molecule has 3 rings (SSSR count). The topological polar surface area (TPSA) is 47.4 Å². The lowest BCUT2D eigenvalue weighted by molar-refractivity contribution is -0.438. The van der Waals surface area contributed by atoms with E-state index in [1.54, 1.807) is 0 Å². The second-order valence-electron chi connectivity index (χ2n) is 7.36. The molecule has 126 valence electrons. The number of amides is 2. The summed E-state index contributed by atoms with van der Waals surface area (Å²) in [5, 5.41) is 6.53. The fraction of sp³-hybridized carbons (Fsp3) is 0.667. The number of nitrogens with one attached hydrogen (secondary N) is 2. The minimum absolute atomic E-state index is 0.0674. The number of carbonyl (C=O) groups excluding carboxylic acids is 1. The molecule has 5 nitrogen and oxygen atoms in total. The Morgan fingerprint density at radius 1 is 1.48 bits per heavy atom. The average Bonchev–Trinajstić information content (AvgIpc) is 2.97. The molecule has 0 bridgehead atoms. The summed E-state index contributed by atoms with van der Waals surface area (Å²) >= 11 is 0. The van der Waals surface area contributed by atoms with Crippen molar-refractivity contribution in [3.05, 3.63) is 23.4 Å². The van der Waals surface area contributed by atoms with Crippen LogP contribution in [-0.2, 0) is 0 Å². The van der Waals surface area contributed by atoms with E-state index in [4.69, 9.17) is 0 Å². The first-order chi connectivity index (χ1) is 11.0. The van der Waals surface area contributed by atoms with Crippen molar-refractivity contribution in [3.8, 4) is 0 Å². The summed E-state index contributed by atoms with van der Waals surface area (Å²) in [5.41, 5.74) is 2.92. The van der Waals surface area contributed by atoms with Crippen molar-refractivity contribution in [1.82, 2.24) is 15.5 Å². The van der Waals surface area contributed by atoms with Gasteiger partial charge in [0, 0.05) is 18.7 Å². The summed E-state index contributed by atoms with van der Waals surface area (Å²) in [6, 6.07) is 0.0674. The van der Waals surface area contributed by atoms with E-state index in [1.165, 1.54) is 24.0 Å². The van der Waals surface area contributed by atoms with Crippen LogP contribution in [0.2, 0.25) is 0 Å². The summed E-state index contributed by atoms with van der Waals surface area (Å²) in [5.74, 6) is 0.628. The van der Waals surface area contributed by atoms with Crippen LogP contribution in [0.4, 0.5) is 4.79 Å². The molecule has 0 aromatic heterocycles. The molecule has 2 atom stereocenters. The molecule has 2 N–H and O–H groups in total. The minimum Gasteiger partial charge on any atom is -0.338 e. The normalized spacial score (nSPS) is 29.0. The largest absolute Gasteiger partial charge is 0.338 e. The second kappa shape index (κ2) is 6.48. The molecule has 1 saturated heterocycles. The van der Waals surface area contributed by atoms with E-state index in [0.717, 1.165) is 32.7 Å². The van der Waals surface area contributed by atoms with Gasteiger partial charge in [-0.3, -0.25) is 0 Å². The molecule has 1 saturated carbocycles. The number of hydrogen-bond acceptors (Lipinski definition) is 2. The first-order valence-electron chi connectivity index (χ1n) is 8.72. The summed E-state index contributed by atoms with van der Waals surface area (Å²) in [4.78, 5) is 14.3. The van der Waals surface area contributed by atoms with E-state index in [0.29, 0.717) is 17.9 Å². The van der Waals surface area contributed by atoms with Gasteiger partial charge in [-0.05, 0) is 48.9 Å². The Bertz CT molecular complexity index is 565. The van der Waals surface area contributed by atoms with E-state index in [1.807, 2.05) is 9.48 Å². The Hall–Kier alpha value is -1.62. The van der Waals surface area contributed by atoms with Gasteiger partial charge in [0.2, 0.25) is 0 Å². The predicted molar refractivity (Wildman–Crippen MR) is 92.8 cm³/mol. The van der Waals surface area contributed by atoms with Crippen LogP contribution in [0.5, 0.6) is 0 Å². The van der Waals surface area contributed by atoms with Gasteiger partial charge in [0.15, 0.2) is 12.7 Å². The number of rotatable bonds is 6. The predicted octanol–water partition coefficient (Wildman–Crippen LogP) is 1.57. The van der Waals surface area contributed by atoms with E-state index >= 15 is 0 Å². The molecule has 2 unspecified atom stereocenters. The zero-order valence-corrected chi connectivity index (χ0v) is 14.4. The number of fused-ring (bicyclic) bond motifs is 1. The van der Waals surface area contributed by atoms with Crippen molar-refractivity contribution in [2.75, 3.05) is 39.3 Å². The van der Waals surface area contributed by atoms with Gasteiger partial charge in [0.05, 0.1) is 6.54 Å². The molecule has 2 amide bonds. The molecule has 0 aromatic rings. The lowest BCUT2D eigenvalue weighted by Crippen LogP contribution is -2.39. The Morgan fingerprint density at radius 3 is 3.04 bits per heavy atom. The number of hydrogen-bond donors (Lipinski definition) is 2. The molecular weight excluding hydrogens is 288 g/mol. The highest BCUT2D eigenvalue weighted by Crippen LogP contribution is 2.54. The maximum atomic E-state index is 12.4. The molecule has 23 heavy (non-hydrogen) atoms. The maximum Gasteiger partial charge on any atom is 0.318 e. The second-order valence-corrected chi connectivity index (χ2v) is 7.36. The lowest BCUT2D eigenvalue weighted by atomic mass is 10.0.